The monoisotopic (exact) mass is 175 g/mol. The first kappa shape index (κ1) is 11.9. The van der Waals surface area contributed by atoms with Crippen molar-refractivity contribution in [3.05, 3.63) is 0 Å². The maximum atomic E-state index is 5.84. The van der Waals surface area contributed by atoms with Crippen LogP contribution in [0.15, 0.2) is 0 Å². The molecule has 2 atom stereocenters. The van der Waals surface area contributed by atoms with Crippen LogP contribution in [0, 0.1) is 0 Å². The molecule has 0 heterocycles. The highest BCUT2D eigenvalue weighted by Gasteiger charge is 2.15. The van der Waals surface area contributed by atoms with Crippen molar-refractivity contribution in [2.24, 2.45) is 5.73 Å². The second-order valence-corrected chi connectivity index (χ2v) is 3.23. The van der Waals surface area contributed by atoms with Crippen molar-refractivity contribution in [1.29, 1.82) is 0 Å². The van der Waals surface area contributed by atoms with E-state index in [0.29, 0.717) is 6.61 Å². The minimum atomic E-state index is -0.0117. The van der Waals surface area contributed by atoms with E-state index in [-0.39, 0.29) is 18.2 Å². The highest BCUT2D eigenvalue weighted by atomic mass is 16.5. The van der Waals surface area contributed by atoms with E-state index in [0.717, 1.165) is 6.42 Å². The summed E-state index contributed by atoms with van der Waals surface area (Å²) in [7, 11) is 1.68. The van der Waals surface area contributed by atoms with E-state index in [2.05, 4.69) is 6.92 Å². The Bertz CT molecular complexity index is 103. The van der Waals surface area contributed by atoms with Gasteiger partial charge in [-0.1, -0.05) is 6.92 Å². The Kier molecular flexibility index (Phi) is 6.34. The van der Waals surface area contributed by atoms with Gasteiger partial charge in [-0.3, -0.25) is 0 Å². The molecule has 0 aliphatic rings. The average molecular weight is 175 g/mol. The molecule has 0 saturated heterocycles. The fourth-order valence-electron chi connectivity index (χ4n) is 1.06. The van der Waals surface area contributed by atoms with Gasteiger partial charge in [-0.25, -0.2) is 0 Å². The van der Waals surface area contributed by atoms with Crippen LogP contribution in [0.5, 0.6) is 0 Å². The predicted octanol–water partition coefficient (Wildman–Crippen LogP) is 1.16. The second-order valence-electron chi connectivity index (χ2n) is 3.23. The molecule has 0 amide bonds. The van der Waals surface area contributed by atoms with Crippen LogP contribution in [0.2, 0.25) is 0 Å². The van der Waals surface area contributed by atoms with Crippen LogP contribution in [0.3, 0.4) is 0 Å². The smallest absolute Gasteiger partial charge is 0.0742 e. The molecule has 0 spiro atoms. The minimum absolute atomic E-state index is 0.0117. The van der Waals surface area contributed by atoms with Crippen molar-refractivity contribution in [2.75, 3.05) is 13.7 Å². The van der Waals surface area contributed by atoms with Gasteiger partial charge in [-0.05, 0) is 20.3 Å². The highest BCUT2D eigenvalue weighted by Crippen LogP contribution is 2.02. The molecule has 3 nitrogen and oxygen atoms in total. The molecule has 0 rings (SSSR count). The van der Waals surface area contributed by atoms with E-state index in [1.807, 2.05) is 13.8 Å². The maximum absolute atomic E-state index is 5.84. The molecular weight excluding hydrogens is 154 g/mol. The van der Waals surface area contributed by atoms with E-state index in [1.54, 1.807) is 7.11 Å². The van der Waals surface area contributed by atoms with Crippen LogP contribution in [-0.2, 0) is 9.47 Å². The molecule has 0 radical (unpaired) electrons. The van der Waals surface area contributed by atoms with Crippen molar-refractivity contribution < 1.29 is 9.47 Å². The molecule has 3 heteroatoms. The third-order valence-electron chi connectivity index (χ3n) is 1.80. The summed E-state index contributed by atoms with van der Waals surface area (Å²) in [5.74, 6) is 0. The minimum Gasteiger partial charge on any atom is -0.380 e. The van der Waals surface area contributed by atoms with Crippen LogP contribution in [0.4, 0.5) is 0 Å². The lowest BCUT2D eigenvalue weighted by Crippen LogP contribution is -2.40. The number of methoxy groups -OCH3 is 1. The topological polar surface area (TPSA) is 44.5 Å². The van der Waals surface area contributed by atoms with Gasteiger partial charge in [-0.2, -0.15) is 0 Å². The van der Waals surface area contributed by atoms with Crippen molar-refractivity contribution in [1.82, 2.24) is 0 Å². The SMILES string of the molecule is CCC(OC)C(N)COC(C)C. The van der Waals surface area contributed by atoms with Gasteiger partial charge in [0, 0.05) is 7.11 Å². The van der Waals surface area contributed by atoms with E-state index in [4.69, 9.17) is 15.2 Å². The summed E-state index contributed by atoms with van der Waals surface area (Å²) in [6, 6.07) is -0.0117. The Balaban J connectivity index is 3.61. The van der Waals surface area contributed by atoms with Gasteiger partial charge in [0.05, 0.1) is 24.9 Å². The Labute approximate surface area is 75.2 Å². The quantitative estimate of drug-likeness (QED) is 0.659. The van der Waals surface area contributed by atoms with Gasteiger partial charge in [0.25, 0.3) is 0 Å². The van der Waals surface area contributed by atoms with Crippen LogP contribution < -0.4 is 5.73 Å². The highest BCUT2D eigenvalue weighted by molar-refractivity contribution is 4.71. The van der Waals surface area contributed by atoms with Crippen molar-refractivity contribution >= 4 is 0 Å². The Morgan fingerprint density at radius 3 is 2.25 bits per heavy atom. The van der Waals surface area contributed by atoms with Crippen molar-refractivity contribution in [3.63, 3.8) is 0 Å². The summed E-state index contributed by atoms with van der Waals surface area (Å²) in [4.78, 5) is 0. The fraction of sp³-hybridized carbons (Fsp3) is 1.00. The molecule has 2 unspecified atom stereocenters. The first-order valence-electron chi connectivity index (χ1n) is 4.51. The Morgan fingerprint density at radius 1 is 1.33 bits per heavy atom. The van der Waals surface area contributed by atoms with Gasteiger partial charge in [0.1, 0.15) is 0 Å². The van der Waals surface area contributed by atoms with Crippen molar-refractivity contribution in [3.8, 4) is 0 Å². The molecule has 12 heavy (non-hydrogen) atoms. The molecule has 0 aromatic carbocycles. The number of rotatable bonds is 6. The summed E-state index contributed by atoms with van der Waals surface area (Å²) in [6.07, 6.45) is 1.29. The summed E-state index contributed by atoms with van der Waals surface area (Å²) in [6.45, 7) is 6.63. The first-order chi connectivity index (χ1) is 5.61. The second kappa shape index (κ2) is 6.40. The Hall–Kier alpha value is -0.120. The zero-order chi connectivity index (χ0) is 9.56. The third kappa shape index (κ3) is 4.70. The average Bonchev–Trinajstić information content (AvgIpc) is 2.03. The normalized spacial score (nSPS) is 16.5. The van der Waals surface area contributed by atoms with Gasteiger partial charge < -0.3 is 15.2 Å². The third-order valence-corrected chi connectivity index (χ3v) is 1.80. The first-order valence-corrected chi connectivity index (χ1v) is 4.51. The zero-order valence-electron chi connectivity index (χ0n) is 8.54. The van der Waals surface area contributed by atoms with E-state index < -0.39 is 0 Å². The molecule has 0 saturated carbocycles. The van der Waals surface area contributed by atoms with Crippen molar-refractivity contribution in [2.45, 2.75) is 45.4 Å². The van der Waals surface area contributed by atoms with E-state index >= 15 is 0 Å². The van der Waals surface area contributed by atoms with E-state index in [1.165, 1.54) is 0 Å². The fourth-order valence-corrected chi connectivity index (χ4v) is 1.06. The van der Waals surface area contributed by atoms with Crippen LogP contribution in [0.25, 0.3) is 0 Å². The molecule has 0 aliphatic heterocycles. The lowest BCUT2D eigenvalue weighted by molar-refractivity contribution is 0.0120. The van der Waals surface area contributed by atoms with Crippen LogP contribution in [-0.4, -0.2) is 32.0 Å². The van der Waals surface area contributed by atoms with Gasteiger partial charge >= 0.3 is 0 Å². The maximum Gasteiger partial charge on any atom is 0.0742 e. The largest absolute Gasteiger partial charge is 0.380 e. The lowest BCUT2D eigenvalue weighted by Gasteiger charge is -2.21. The molecule has 74 valence electrons. The molecule has 2 N–H and O–H groups in total. The summed E-state index contributed by atoms with van der Waals surface area (Å²) < 4.78 is 10.6. The summed E-state index contributed by atoms with van der Waals surface area (Å²) in [5.41, 5.74) is 5.84. The zero-order valence-corrected chi connectivity index (χ0v) is 8.54. The van der Waals surface area contributed by atoms with Gasteiger partial charge in [0.2, 0.25) is 0 Å². The number of hydrogen-bond acceptors (Lipinski definition) is 3. The Morgan fingerprint density at radius 2 is 1.92 bits per heavy atom. The van der Waals surface area contributed by atoms with E-state index in [9.17, 15) is 0 Å². The number of nitrogens with two attached hydrogens (primary N) is 1. The number of ether oxygens (including phenoxy) is 2. The number of hydrogen-bond donors (Lipinski definition) is 1. The summed E-state index contributed by atoms with van der Waals surface area (Å²) >= 11 is 0. The lowest BCUT2D eigenvalue weighted by atomic mass is 10.1. The standard InChI is InChI=1S/C9H21NO2/c1-5-9(11-4)8(10)6-12-7(2)3/h7-9H,5-6,10H2,1-4H3. The molecule has 0 aromatic rings. The van der Waals surface area contributed by atoms with Gasteiger partial charge in [0.15, 0.2) is 0 Å². The molecule has 0 aromatic heterocycles. The predicted molar refractivity (Wildman–Crippen MR) is 50.2 cm³/mol. The molecule has 0 aliphatic carbocycles. The molecular formula is C9H21NO2. The molecule has 0 fully saturated rings. The van der Waals surface area contributed by atoms with Crippen LogP contribution >= 0.6 is 0 Å². The van der Waals surface area contributed by atoms with Gasteiger partial charge in [-0.15, -0.1) is 0 Å². The van der Waals surface area contributed by atoms with Crippen LogP contribution in [0.1, 0.15) is 27.2 Å². The summed E-state index contributed by atoms with van der Waals surface area (Å²) in [5, 5.41) is 0. The molecule has 0 bridgehead atoms.